The summed E-state index contributed by atoms with van der Waals surface area (Å²) in [5, 5.41) is 14.9. The highest BCUT2D eigenvalue weighted by atomic mass is 16.4. The Hall–Kier alpha value is -2.04. The van der Waals surface area contributed by atoms with Crippen LogP contribution in [0.4, 0.5) is 5.69 Å². The van der Waals surface area contributed by atoms with E-state index in [-0.39, 0.29) is 17.2 Å². The summed E-state index contributed by atoms with van der Waals surface area (Å²) in [5.41, 5.74) is 7.44. The van der Waals surface area contributed by atoms with Gasteiger partial charge in [-0.15, -0.1) is 0 Å². The number of amidine groups is 1. The number of hydrogen-bond donors (Lipinski definition) is 3. The lowest BCUT2D eigenvalue weighted by molar-refractivity contribution is -0.126. The summed E-state index contributed by atoms with van der Waals surface area (Å²) in [6.45, 7) is 3.88. The number of oxime groups is 1. The predicted molar refractivity (Wildman–Crippen MR) is 83.5 cm³/mol. The monoisotopic (exact) mass is 289 g/mol. The largest absolute Gasteiger partial charge is 0.409 e. The molecular weight excluding hydrogens is 266 g/mol. The van der Waals surface area contributed by atoms with Gasteiger partial charge in [0.25, 0.3) is 0 Å². The Morgan fingerprint density at radius 3 is 2.62 bits per heavy atom. The summed E-state index contributed by atoms with van der Waals surface area (Å²) in [6, 6.07) is 5.50. The number of carbonyl (C=O) groups is 1. The Balaban J connectivity index is 2.27. The molecule has 1 aliphatic carbocycles. The first-order valence-corrected chi connectivity index (χ1v) is 7.37. The second-order valence-corrected chi connectivity index (χ2v) is 6.06. The van der Waals surface area contributed by atoms with E-state index in [2.05, 4.69) is 10.5 Å². The Labute approximate surface area is 125 Å². The molecule has 21 heavy (non-hydrogen) atoms. The molecule has 1 aromatic carbocycles. The Kier molecular flexibility index (Phi) is 4.50. The number of anilines is 1. The molecule has 1 aromatic rings. The van der Waals surface area contributed by atoms with Crippen LogP contribution in [0.15, 0.2) is 23.4 Å². The molecule has 1 saturated carbocycles. The van der Waals surface area contributed by atoms with Gasteiger partial charge >= 0.3 is 0 Å². The predicted octanol–water partition coefficient (Wildman–Crippen LogP) is 3.00. The molecule has 0 radical (unpaired) electrons. The lowest BCUT2D eigenvalue weighted by Crippen LogP contribution is -2.36. The number of amides is 1. The average molecular weight is 289 g/mol. The van der Waals surface area contributed by atoms with Gasteiger partial charge in [0.2, 0.25) is 5.91 Å². The first-order chi connectivity index (χ1) is 9.98. The van der Waals surface area contributed by atoms with Crippen molar-refractivity contribution in [2.75, 3.05) is 5.32 Å². The van der Waals surface area contributed by atoms with Crippen molar-refractivity contribution in [1.82, 2.24) is 0 Å². The molecule has 0 bridgehead atoms. The fourth-order valence-electron chi connectivity index (χ4n) is 2.99. The molecular formula is C16H23N3O2. The van der Waals surface area contributed by atoms with Crippen molar-refractivity contribution < 1.29 is 10.0 Å². The van der Waals surface area contributed by atoms with Crippen molar-refractivity contribution in [3.05, 3.63) is 29.3 Å². The van der Waals surface area contributed by atoms with Gasteiger partial charge in [-0.2, -0.15) is 0 Å². The van der Waals surface area contributed by atoms with Crippen LogP contribution in [0.5, 0.6) is 0 Å². The van der Waals surface area contributed by atoms with E-state index in [1.165, 1.54) is 6.42 Å². The van der Waals surface area contributed by atoms with Crippen LogP contribution < -0.4 is 11.1 Å². The lowest BCUT2D eigenvalue weighted by Gasteiger charge is -2.32. The number of nitrogens with one attached hydrogen (secondary N) is 1. The number of carbonyl (C=O) groups excluding carboxylic acids is 1. The normalized spacial score (nSPS) is 18.3. The second-order valence-electron chi connectivity index (χ2n) is 6.06. The maximum absolute atomic E-state index is 12.6. The number of aryl methyl sites for hydroxylation is 1. The molecule has 2 rings (SSSR count). The fraction of sp³-hybridized carbons (Fsp3) is 0.500. The highest BCUT2D eigenvalue weighted by Crippen LogP contribution is 2.37. The zero-order valence-electron chi connectivity index (χ0n) is 12.6. The van der Waals surface area contributed by atoms with E-state index in [1.54, 1.807) is 6.07 Å². The van der Waals surface area contributed by atoms with Gasteiger partial charge in [0.1, 0.15) is 0 Å². The van der Waals surface area contributed by atoms with E-state index in [4.69, 9.17) is 10.9 Å². The van der Waals surface area contributed by atoms with Crippen LogP contribution in [0.2, 0.25) is 0 Å². The van der Waals surface area contributed by atoms with Gasteiger partial charge in [0, 0.05) is 11.0 Å². The van der Waals surface area contributed by atoms with Crippen LogP contribution in [0, 0.1) is 12.3 Å². The summed E-state index contributed by atoms with van der Waals surface area (Å²) in [4.78, 5) is 12.6. The lowest BCUT2D eigenvalue weighted by atomic mass is 9.75. The van der Waals surface area contributed by atoms with Gasteiger partial charge in [-0.05, 0) is 31.4 Å². The minimum Gasteiger partial charge on any atom is -0.409 e. The van der Waals surface area contributed by atoms with E-state index in [1.807, 2.05) is 26.0 Å². The van der Waals surface area contributed by atoms with Crippen LogP contribution in [-0.4, -0.2) is 17.0 Å². The summed E-state index contributed by atoms with van der Waals surface area (Å²) in [6.07, 6.45) is 5.19. The SMILES string of the molecule is Cc1cccc(NC(=O)C2(C)CCCCC2)c1/C(N)=N/O. The first-order valence-electron chi connectivity index (χ1n) is 7.37. The van der Waals surface area contributed by atoms with Crippen molar-refractivity contribution in [3.63, 3.8) is 0 Å². The van der Waals surface area contributed by atoms with Crippen molar-refractivity contribution >= 4 is 17.4 Å². The molecule has 0 spiro atoms. The maximum Gasteiger partial charge on any atom is 0.230 e. The van der Waals surface area contributed by atoms with Crippen LogP contribution in [0.25, 0.3) is 0 Å². The van der Waals surface area contributed by atoms with E-state index in [0.717, 1.165) is 31.2 Å². The zero-order valence-corrected chi connectivity index (χ0v) is 12.6. The summed E-state index contributed by atoms with van der Waals surface area (Å²) < 4.78 is 0. The van der Waals surface area contributed by atoms with E-state index < -0.39 is 0 Å². The standard InChI is InChI=1S/C16H23N3O2/c1-11-7-6-8-12(13(11)14(17)19-21)18-15(20)16(2)9-4-3-5-10-16/h6-8,21H,3-5,9-10H2,1-2H3,(H2,17,19)(H,18,20). The van der Waals surface area contributed by atoms with Gasteiger partial charge in [0.05, 0.1) is 5.69 Å². The molecule has 0 unspecified atom stereocenters. The van der Waals surface area contributed by atoms with Gasteiger partial charge in [0.15, 0.2) is 5.84 Å². The topological polar surface area (TPSA) is 87.7 Å². The fourth-order valence-corrected chi connectivity index (χ4v) is 2.99. The molecule has 1 amide bonds. The van der Waals surface area contributed by atoms with Gasteiger partial charge in [-0.25, -0.2) is 0 Å². The van der Waals surface area contributed by atoms with Crippen molar-refractivity contribution in [2.45, 2.75) is 46.0 Å². The van der Waals surface area contributed by atoms with Crippen molar-refractivity contribution in [1.29, 1.82) is 0 Å². The van der Waals surface area contributed by atoms with Crippen LogP contribution in [-0.2, 0) is 4.79 Å². The van der Waals surface area contributed by atoms with Crippen LogP contribution >= 0.6 is 0 Å². The Morgan fingerprint density at radius 1 is 1.33 bits per heavy atom. The van der Waals surface area contributed by atoms with Gasteiger partial charge in [-0.3, -0.25) is 4.79 Å². The molecule has 5 nitrogen and oxygen atoms in total. The van der Waals surface area contributed by atoms with Crippen LogP contribution in [0.3, 0.4) is 0 Å². The molecule has 1 aliphatic rings. The number of nitrogens with zero attached hydrogens (tertiary/aromatic N) is 1. The number of nitrogens with two attached hydrogens (primary N) is 1. The molecule has 5 heteroatoms. The third-order valence-electron chi connectivity index (χ3n) is 4.39. The van der Waals surface area contributed by atoms with Crippen LogP contribution in [0.1, 0.15) is 50.2 Å². The molecule has 0 heterocycles. The molecule has 114 valence electrons. The highest BCUT2D eigenvalue weighted by Gasteiger charge is 2.34. The second kappa shape index (κ2) is 6.16. The first kappa shape index (κ1) is 15.4. The number of rotatable bonds is 3. The third kappa shape index (κ3) is 3.17. The zero-order chi connectivity index (χ0) is 15.5. The maximum atomic E-state index is 12.6. The molecule has 4 N–H and O–H groups in total. The molecule has 1 fully saturated rings. The summed E-state index contributed by atoms with van der Waals surface area (Å²) >= 11 is 0. The Morgan fingerprint density at radius 2 is 2.00 bits per heavy atom. The molecule has 0 aromatic heterocycles. The van der Waals surface area contributed by atoms with Gasteiger partial charge in [-0.1, -0.05) is 43.5 Å². The van der Waals surface area contributed by atoms with Gasteiger partial charge < -0.3 is 16.3 Å². The van der Waals surface area contributed by atoms with Crippen molar-refractivity contribution in [2.24, 2.45) is 16.3 Å². The summed E-state index contributed by atoms with van der Waals surface area (Å²) in [7, 11) is 0. The number of hydrogen-bond acceptors (Lipinski definition) is 3. The van der Waals surface area contributed by atoms with E-state index in [0.29, 0.717) is 11.3 Å². The number of benzene rings is 1. The Bertz CT molecular complexity index is 561. The minimum atomic E-state index is -0.329. The van der Waals surface area contributed by atoms with E-state index in [9.17, 15) is 4.79 Å². The summed E-state index contributed by atoms with van der Waals surface area (Å²) in [5.74, 6) is 0.0250. The quantitative estimate of drug-likeness (QED) is 0.346. The molecule has 0 saturated heterocycles. The van der Waals surface area contributed by atoms with E-state index >= 15 is 0 Å². The third-order valence-corrected chi connectivity index (χ3v) is 4.39. The van der Waals surface area contributed by atoms with Crippen molar-refractivity contribution in [3.8, 4) is 0 Å². The smallest absolute Gasteiger partial charge is 0.230 e. The molecule has 0 aliphatic heterocycles. The minimum absolute atomic E-state index is 0.0113. The average Bonchev–Trinajstić information content (AvgIpc) is 2.47. The molecule has 0 atom stereocenters. The highest BCUT2D eigenvalue weighted by molar-refractivity contribution is 6.07.